The SMILES string of the molecule is CC(OC(=O)c1cnn(Cc2ccccc2Cl)c1)C(=O)Nc1ccc(Cl)cc1. The minimum absolute atomic E-state index is 0.248. The highest BCUT2D eigenvalue weighted by atomic mass is 35.5. The third kappa shape index (κ3) is 5.12. The Balaban J connectivity index is 1.58. The third-order valence-electron chi connectivity index (χ3n) is 3.92. The summed E-state index contributed by atoms with van der Waals surface area (Å²) >= 11 is 11.9. The van der Waals surface area contributed by atoms with Crippen molar-refractivity contribution in [2.24, 2.45) is 0 Å². The van der Waals surface area contributed by atoms with Gasteiger partial charge in [-0.3, -0.25) is 9.48 Å². The smallest absolute Gasteiger partial charge is 0.342 e. The number of ether oxygens (including phenoxy) is 1. The van der Waals surface area contributed by atoms with Crippen LogP contribution in [0.3, 0.4) is 0 Å². The molecule has 28 heavy (non-hydrogen) atoms. The van der Waals surface area contributed by atoms with E-state index in [9.17, 15) is 9.59 Å². The van der Waals surface area contributed by atoms with Gasteiger partial charge in [-0.15, -0.1) is 0 Å². The zero-order valence-electron chi connectivity index (χ0n) is 14.9. The zero-order valence-corrected chi connectivity index (χ0v) is 16.4. The summed E-state index contributed by atoms with van der Waals surface area (Å²) in [5.74, 6) is -1.08. The Hall–Kier alpha value is -2.83. The van der Waals surface area contributed by atoms with Crippen LogP contribution in [0.4, 0.5) is 5.69 Å². The van der Waals surface area contributed by atoms with Gasteiger partial charge < -0.3 is 10.1 Å². The number of hydrogen-bond donors (Lipinski definition) is 1. The fourth-order valence-electron chi connectivity index (χ4n) is 2.42. The van der Waals surface area contributed by atoms with Crippen LogP contribution in [0, 0.1) is 0 Å². The van der Waals surface area contributed by atoms with Crippen molar-refractivity contribution < 1.29 is 14.3 Å². The third-order valence-corrected chi connectivity index (χ3v) is 4.54. The molecule has 1 unspecified atom stereocenters. The number of anilines is 1. The van der Waals surface area contributed by atoms with E-state index in [0.29, 0.717) is 22.3 Å². The van der Waals surface area contributed by atoms with Gasteiger partial charge in [0, 0.05) is 21.9 Å². The average molecular weight is 418 g/mol. The number of amides is 1. The van der Waals surface area contributed by atoms with Gasteiger partial charge in [0.05, 0.1) is 18.3 Å². The first kappa shape index (κ1) is 19.9. The molecule has 0 saturated heterocycles. The quantitative estimate of drug-likeness (QED) is 0.602. The molecule has 0 spiro atoms. The predicted molar refractivity (Wildman–Crippen MR) is 108 cm³/mol. The van der Waals surface area contributed by atoms with Crippen molar-refractivity contribution in [3.8, 4) is 0 Å². The highest BCUT2D eigenvalue weighted by Crippen LogP contribution is 2.17. The summed E-state index contributed by atoms with van der Waals surface area (Å²) in [6, 6.07) is 14.0. The molecule has 0 aliphatic rings. The van der Waals surface area contributed by atoms with Gasteiger partial charge in [-0.25, -0.2) is 4.79 Å². The van der Waals surface area contributed by atoms with Gasteiger partial charge >= 0.3 is 5.97 Å². The topological polar surface area (TPSA) is 73.2 Å². The standard InChI is InChI=1S/C20H17Cl2N3O3/c1-13(19(26)24-17-8-6-16(21)7-9-17)28-20(27)15-10-23-25(12-15)11-14-4-2-3-5-18(14)22/h2-10,12-13H,11H2,1H3,(H,24,26). The molecule has 3 aromatic rings. The van der Waals surface area contributed by atoms with Gasteiger partial charge in [-0.1, -0.05) is 41.4 Å². The molecule has 3 rings (SSSR count). The molecule has 144 valence electrons. The number of esters is 1. The van der Waals surface area contributed by atoms with E-state index in [4.69, 9.17) is 27.9 Å². The summed E-state index contributed by atoms with van der Waals surface area (Å²) < 4.78 is 6.80. The first-order valence-electron chi connectivity index (χ1n) is 8.45. The molecular weight excluding hydrogens is 401 g/mol. The first-order valence-corrected chi connectivity index (χ1v) is 9.21. The van der Waals surface area contributed by atoms with Gasteiger partial charge in [0.2, 0.25) is 0 Å². The maximum absolute atomic E-state index is 12.3. The number of halogens is 2. The Morgan fingerprint density at radius 1 is 1.14 bits per heavy atom. The summed E-state index contributed by atoms with van der Waals surface area (Å²) in [6.45, 7) is 1.91. The van der Waals surface area contributed by atoms with Crippen LogP contribution >= 0.6 is 23.2 Å². The lowest BCUT2D eigenvalue weighted by atomic mass is 10.2. The lowest BCUT2D eigenvalue weighted by Crippen LogP contribution is -2.29. The van der Waals surface area contributed by atoms with Crippen molar-refractivity contribution >= 4 is 40.8 Å². The van der Waals surface area contributed by atoms with Gasteiger partial charge in [0.1, 0.15) is 0 Å². The van der Waals surface area contributed by atoms with Crippen LogP contribution in [0.25, 0.3) is 0 Å². The number of benzene rings is 2. The second-order valence-corrected chi connectivity index (χ2v) is 6.91. The number of rotatable bonds is 6. The van der Waals surface area contributed by atoms with Crippen LogP contribution in [0.2, 0.25) is 10.0 Å². The van der Waals surface area contributed by atoms with E-state index >= 15 is 0 Å². The van der Waals surface area contributed by atoms with Crippen LogP contribution < -0.4 is 5.32 Å². The molecule has 1 aromatic heterocycles. The summed E-state index contributed by atoms with van der Waals surface area (Å²) in [5.41, 5.74) is 1.69. The van der Waals surface area contributed by atoms with Crippen molar-refractivity contribution in [2.45, 2.75) is 19.6 Å². The largest absolute Gasteiger partial charge is 0.449 e. The number of carbonyl (C=O) groups excluding carboxylic acids is 2. The van der Waals surface area contributed by atoms with E-state index in [-0.39, 0.29) is 5.56 Å². The number of carbonyl (C=O) groups is 2. The Morgan fingerprint density at radius 2 is 1.86 bits per heavy atom. The van der Waals surface area contributed by atoms with E-state index < -0.39 is 18.0 Å². The van der Waals surface area contributed by atoms with Crippen molar-refractivity contribution in [3.63, 3.8) is 0 Å². The number of nitrogens with one attached hydrogen (secondary N) is 1. The first-order chi connectivity index (χ1) is 13.4. The Morgan fingerprint density at radius 3 is 2.57 bits per heavy atom. The van der Waals surface area contributed by atoms with E-state index in [1.54, 1.807) is 41.2 Å². The summed E-state index contributed by atoms with van der Waals surface area (Å²) in [5, 5.41) is 7.99. The van der Waals surface area contributed by atoms with Crippen LogP contribution in [-0.4, -0.2) is 27.8 Å². The molecule has 2 aromatic carbocycles. The Kier molecular flexibility index (Phi) is 6.34. The molecule has 1 heterocycles. The van der Waals surface area contributed by atoms with Gasteiger partial charge in [-0.05, 0) is 42.8 Å². The lowest BCUT2D eigenvalue weighted by Gasteiger charge is -2.13. The van der Waals surface area contributed by atoms with Crippen LogP contribution in [0.1, 0.15) is 22.8 Å². The highest BCUT2D eigenvalue weighted by Gasteiger charge is 2.20. The lowest BCUT2D eigenvalue weighted by molar-refractivity contribution is -0.123. The number of nitrogens with zero attached hydrogens (tertiary/aromatic N) is 2. The highest BCUT2D eigenvalue weighted by molar-refractivity contribution is 6.31. The Bertz CT molecular complexity index is 986. The molecular formula is C20H17Cl2N3O3. The molecule has 8 heteroatoms. The van der Waals surface area contributed by atoms with E-state index in [1.807, 2.05) is 18.2 Å². The fraction of sp³-hybridized carbons (Fsp3) is 0.150. The molecule has 0 aliphatic heterocycles. The van der Waals surface area contributed by atoms with E-state index in [0.717, 1.165) is 5.56 Å². The predicted octanol–water partition coefficient (Wildman–Crippen LogP) is 4.42. The van der Waals surface area contributed by atoms with Crippen molar-refractivity contribution in [3.05, 3.63) is 82.1 Å². The molecule has 0 radical (unpaired) electrons. The van der Waals surface area contributed by atoms with Crippen molar-refractivity contribution in [1.82, 2.24) is 9.78 Å². The molecule has 1 amide bonds. The monoisotopic (exact) mass is 417 g/mol. The zero-order chi connectivity index (χ0) is 20.1. The second kappa shape index (κ2) is 8.91. The minimum Gasteiger partial charge on any atom is -0.449 e. The normalized spacial score (nSPS) is 11.7. The van der Waals surface area contributed by atoms with Gasteiger partial charge in [0.15, 0.2) is 6.10 Å². The number of aromatic nitrogens is 2. The fourth-order valence-corrected chi connectivity index (χ4v) is 2.74. The van der Waals surface area contributed by atoms with E-state index in [1.165, 1.54) is 13.1 Å². The van der Waals surface area contributed by atoms with Crippen LogP contribution in [0.5, 0.6) is 0 Å². The van der Waals surface area contributed by atoms with Crippen molar-refractivity contribution in [2.75, 3.05) is 5.32 Å². The maximum Gasteiger partial charge on any atom is 0.342 e. The minimum atomic E-state index is -0.977. The number of hydrogen-bond acceptors (Lipinski definition) is 4. The summed E-state index contributed by atoms with van der Waals surface area (Å²) in [4.78, 5) is 24.5. The molecule has 6 nitrogen and oxygen atoms in total. The molecule has 1 atom stereocenters. The molecule has 1 N–H and O–H groups in total. The van der Waals surface area contributed by atoms with Crippen LogP contribution in [-0.2, 0) is 16.1 Å². The molecule has 0 bridgehead atoms. The van der Waals surface area contributed by atoms with Gasteiger partial charge in [-0.2, -0.15) is 5.10 Å². The Labute approximate surface area is 172 Å². The maximum atomic E-state index is 12.3. The van der Waals surface area contributed by atoms with Crippen molar-refractivity contribution in [1.29, 1.82) is 0 Å². The summed E-state index contributed by atoms with van der Waals surface area (Å²) in [6.07, 6.45) is 1.97. The average Bonchev–Trinajstić information content (AvgIpc) is 3.14. The summed E-state index contributed by atoms with van der Waals surface area (Å²) in [7, 11) is 0. The second-order valence-electron chi connectivity index (χ2n) is 6.06. The van der Waals surface area contributed by atoms with Gasteiger partial charge in [0.25, 0.3) is 5.91 Å². The van der Waals surface area contributed by atoms with Crippen LogP contribution in [0.15, 0.2) is 60.9 Å². The molecule has 0 saturated carbocycles. The van der Waals surface area contributed by atoms with E-state index in [2.05, 4.69) is 10.4 Å². The molecule has 0 aliphatic carbocycles. The molecule has 0 fully saturated rings.